The average molecular weight is 248 g/mol. The van der Waals surface area contributed by atoms with Gasteiger partial charge < -0.3 is 11.5 Å². The van der Waals surface area contributed by atoms with Crippen LogP contribution in [0, 0.1) is 0 Å². The Kier molecular flexibility index (Phi) is 12.5. The first-order valence-corrected chi connectivity index (χ1v) is 6.42. The Morgan fingerprint density at radius 1 is 0.889 bits per heavy atom. The number of hydrogen-bond donors (Lipinski definition) is 2. The van der Waals surface area contributed by atoms with Gasteiger partial charge in [-0.1, -0.05) is 49.2 Å². The molecule has 0 aromatic heterocycles. The molecule has 3 heteroatoms. The van der Waals surface area contributed by atoms with Crippen molar-refractivity contribution in [2.24, 2.45) is 11.5 Å². The highest BCUT2D eigenvalue weighted by Crippen LogP contribution is 1.99. The highest BCUT2D eigenvalue weighted by molar-refractivity contribution is 5.73. The molecule has 1 aromatic carbocycles. The van der Waals surface area contributed by atoms with Crippen LogP contribution in [0.5, 0.6) is 0 Å². The van der Waals surface area contributed by atoms with Crippen LogP contribution in [0.4, 0.5) is 0 Å². The van der Waals surface area contributed by atoms with Crippen molar-refractivity contribution in [3.05, 3.63) is 42.0 Å². The molecule has 1 rings (SSSR count). The highest BCUT2D eigenvalue weighted by atomic mass is 16.1. The minimum atomic E-state index is 0.771. The van der Waals surface area contributed by atoms with Gasteiger partial charge >= 0.3 is 0 Å². The lowest BCUT2D eigenvalue weighted by Crippen LogP contribution is -2.00. The van der Waals surface area contributed by atoms with Crippen molar-refractivity contribution in [1.29, 1.82) is 0 Å². The van der Waals surface area contributed by atoms with E-state index in [0.717, 1.165) is 37.8 Å². The summed E-state index contributed by atoms with van der Waals surface area (Å²) in [6, 6.07) is 9.70. The van der Waals surface area contributed by atoms with E-state index in [0.29, 0.717) is 0 Å². The van der Waals surface area contributed by atoms with Crippen LogP contribution in [0.25, 0.3) is 6.08 Å². The Hall–Kier alpha value is -1.45. The molecule has 0 heterocycles. The van der Waals surface area contributed by atoms with E-state index < -0.39 is 0 Å². The number of carbonyl (C=O) groups is 1. The summed E-state index contributed by atoms with van der Waals surface area (Å²) >= 11 is 0. The Labute approximate surface area is 110 Å². The van der Waals surface area contributed by atoms with Crippen molar-refractivity contribution in [3.63, 3.8) is 0 Å². The van der Waals surface area contributed by atoms with E-state index in [-0.39, 0.29) is 0 Å². The van der Waals surface area contributed by atoms with Gasteiger partial charge in [0.05, 0.1) is 0 Å². The SMILES string of the molecule is NCCCCCCN.O=C/C=C/c1ccccc1. The lowest BCUT2D eigenvalue weighted by Gasteiger charge is -1.94. The van der Waals surface area contributed by atoms with Crippen LogP contribution in [0.2, 0.25) is 0 Å². The molecule has 1 aromatic rings. The maximum atomic E-state index is 9.89. The Bertz CT molecular complexity index is 304. The standard InChI is InChI=1S/C9H8O.C6H16N2/c10-8-4-7-9-5-2-1-3-6-9;7-5-3-1-2-4-6-8/h1-8H;1-8H2/b7-4+;. The van der Waals surface area contributed by atoms with E-state index in [1.54, 1.807) is 6.08 Å². The van der Waals surface area contributed by atoms with Crippen LogP contribution in [0.15, 0.2) is 36.4 Å². The molecule has 0 aliphatic carbocycles. The molecule has 0 atom stereocenters. The molecule has 0 amide bonds. The predicted octanol–water partition coefficient (Wildman–Crippen LogP) is 2.36. The molecule has 3 nitrogen and oxygen atoms in total. The molecule has 0 saturated carbocycles. The predicted molar refractivity (Wildman–Crippen MR) is 78.1 cm³/mol. The van der Waals surface area contributed by atoms with Crippen LogP contribution >= 0.6 is 0 Å². The molecule has 0 unspecified atom stereocenters. The van der Waals surface area contributed by atoms with E-state index in [4.69, 9.17) is 11.5 Å². The maximum Gasteiger partial charge on any atom is 0.142 e. The van der Waals surface area contributed by atoms with E-state index in [9.17, 15) is 4.79 Å². The Balaban J connectivity index is 0.000000331. The van der Waals surface area contributed by atoms with Crippen LogP contribution in [0.3, 0.4) is 0 Å². The van der Waals surface area contributed by atoms with Crippen molar-refractivity contribution >= 4 is 12.4 Å². The van der Waals surface area contributed by atoms with Crippen LogP contribution in [-0.4, -0.2) is 19.4 Å². The normalized spacial score (nSPS) is 9.89. The van der Waals surface area contributed by atoms with Crippen molar-refractivity contribution in [2.75, 3.05) is 13.1 Å². The van der Waals surface area contributed by atoms with E-state index in [2.05, 4.69) is 0 Å². The lowest BCUT2D eigenvalue weighted by atomic mass is 10.2. The van der Waals surface area contributed by atoms with Crippen LogP contribution in [0.1, 0.15) is 31.2 Å². The number of unbranched alkanes of at least 4 members (excludes halogenated alkanes) is 3. The second-order valence-corrected chi connectivity index (χ2v) is 3.90. The van der Waals surface area contributed by atoms with Gasteiger partial charge in [0.1, 0.15) is 6.29 Å². The molecule has 0 bridgehead atoms. The van der Waals surface area contributed by atoms with E-state index in [1.165, 1.54) is 18.9 Å². The molecule has 0 fully saturated rings. The maximum absolute atomic E-state index is 9.89. The van der Waals surface area contributed by atoms with Crippen molar-refractivity contribution in [3.8, 4) is 0 Å². The van der Waals surface area contributed by atoms with Gasteiger partial charge in [0.2, 0.25) is 0 Å². The zero-order valence-electron chi connectivity index (χ0n) is 10.9. The molecule has 0 aliphatic rings. The summed E-state index contributed by atoms with van der Waals surface area (Å²) in [7, 11) is 0. The fourth-order valence-corrected chi connectivity index (χ4v) is 1.36. The molecule has 18 heavy (non-hydrogen) atoms. The molecule has 4 N–H and O–H groups in total. The quantitative estimate of drug-likeness (QED) is 0.442. The molecule has 100 valence electrons. The van der Waals surface area contributed by atoms with E-state index in [1.807, 2.05) is 30.3 Å². The lowest BCUT2D eigenvalue weighted by molar-refractivity contribution is -0.104. The highest BCUT2D eigenvalue weighted by Gasteiger charge is 1.83. The number of allylic oxidation sites excluding steroid dienone is 1. The van der Waals surface area contributed by atoms with Crippen LogP contribution in [-0.2, 0) is 4.79 Å². The first-order valence-electron chi connectivity index (χ1n) is 6.42. The number of rotatable bonds is 7. The summed E-state index contributed by atoms with van der Waals surface area (Å²) in [5, 5.41) is 0. The third-order valence-corrected chi connectivity index (χ3v) is 2.33. The summed E-state index contributed by atoms with van der Waals surface area (Å²) in [4.78, 5) is 9.89. The molecular formula is C15H24N2O. The smallest absolute Gasteiger partial charge is 0.142 e. The third kappa shape index (κ3) is 11.0. The molecular weight excluding hydrogens is 224 g/mol. The largest absolute Gasteiger partial charge is 0.330 e. The van der Waals surface area contributed by atoms with Crippen LogP contribution < -0.4 is 11.5 Å². The number of aldehydes is 1. The van der Waals surface area contributed by atoms with Crippen molar-refractivity contribution < 1.29 is 4.79 Å². The summed E-state index contributed by atoms with van der Waals surface area (Å²) in [6.07, 6.45) is 8.82. The molecule has 0 spiro atoms. The number of nitrogens with two attached hydrogens (primary N) is 2. The minimum Gasteiger partial charge on any atom is -0.330 e. The second-order valence-electron chi connectivity index (χ2n) is 3.90. The van der Waals surface area contributed by atoms with Crippen molar-refractivity contribution in [1.82, 2.24) is 0 Å². The molecule has 0 radical (unpaired) electrons. The number of carbonyl (C=O) groups excluding carboxylic acids is 1. The van der Waals surface area contributed by atoms with Gasteiger partial charge in [-0.15, -0.1) is 0 Å². The summed E-state index contributed by atoms with van der Waals surface area (Å²) in [5.41, 5.74) is 11.6. The third-order valence-electron chi connectivity index (χ3n) is 2.33. The zero-order chi connectivity index (χ0) is 13.5. The van der Waals surface area contributed by atoms with Gasteiger partial charge in [0.25, 0.3) is 0 Å². The molecule has 0 aliphatic heterocycles. The summed E-state index contributed by atoms with van der Waals surface area (Å²) < 4.78 is 0. The summed E-state index contributed by atoms with van der Waals surface area (Å²) in [6.45, 7) is 1.65. The first kappa shape index (κ1) is 16.6. The van der Waals surface area contributed by atoms with Crippen molar-refractivity contribution in [2.45, 2.75) is 25.7 Å². The van der Waals surface area contributed by atoms with Gasteiger partial charge in [-0.2, -0.15) is 0 Å². The fourth-order valence-electron chi connectivity index (χ4n) is 1.36. The topological polar surface area (TPSA) is 69.1 Å². The monoisotopic (exact) mass is 248 g/mol. The van der Waals surface area contributed by atoms with Gasteiger partial charge in [-0.3, -0.25) is 4.79 Å². The Morgan fingerprint density at radius 2 is 1.44 bits per heavy atom. The number of benzene rings is 1. The first-order chi connectivity index (χ1) is 8.85. The van der Waals surface area contributed by atoms with Gasteiger partial charge in [0.15, 0.2) is 0 Å². The fraction of sp³-hybridized carbons (Fsp3) is 0.400. The molecule has 0 saturated heterocycles. The zero-order valence-corrected chi connectivity index (χ0v) is 10.9. The Morgan fingerprint density at radius 3 is 1.89 bits per heavy atom. The van der Waals surface area contributed by atoms with E-state index >= 15 is 0 Å². The van der Waals surface area contributed by atoms with Gasteiger partial charge in [-0.05, 0) is 37.6 Å². The van der Waals surface area contributed by atoms with Gasteiger partial charge in [-0.25, -0.2) is 0 Å². The number of hydrogen-bond acceptors (Lipinski definition) is 3. The minimum absolute atomic E-state index is 0.771. The average Bonchev–Trinajstić information content (AvgIpc) is 2.43. The van der Waals surface area contributed by atoms with Gasteiger partial charge in [0, 0.05) is 0 Å². The second kappa shape index (κ2) is 13.6. The summed E-state index contributed by atoms with van der Waals surface area (Å²) in [5.74, 6) is 0.